The number of piperidine rings is 1. The summed E-state index contributed by atoms with van der Waals surface area (Å²) in [6.07, 6.45) is 3.05. The van der Waals surface area contributed by atoms with E-state index >= 15 is 0 Å². The van der Waals surface area contributed by atoms with Gasteiger partial charge in [0.05, 0.1) is 5.69 Å². The molecule has 1 aliphatic rings. The molecule has 0 radical (unpaired) electrons. The van der Waals surface area contributed by atoms with E-state index in [2.05, 4.69) is 18.8 Å². The number of nitrogens with one attached hydrogen (secondary N) is 1. The highest BCUT2D eigenvalue weighted by Crippen LogP contribution is 2.38. The van der Waals surface area contributed by atoms with E-state index in [0.717, 1.165) is 28.8 Å². The van der Waals surface area contributed by atoms with Crippen LogP contribution >= 0.6 is 11.3 Å². The van der Waals surface area contributed by atoms with Gasteiger partial charge in [-0.2, -0.15) is 0 Å². The van der Waals surface area contributed by atoms with E-state index < -0.39 is 0 Å². The molecule has 0 aromatic carbocycles. The predicted molar refractivity (Wildman–Crippen MR) is 101 cm³/mol. The number of carbonyl (C=O) groups excluding carboxylic acids is 2. The van der Waals surface area contributed by atoms with Crippen LogP contribution in [0, 0.1) is 0 Å². The number of amides is 2. The number of aromatic nitrogens is 1. The standard InChI is InChI=1S/C18H22N4O2S/c1-4-13(23)22-9-7-18(2,8-10-22)12-6-5-11-14(19)15(16(24)20-3)25-17(11)21-12/h4-6H,1,7-10,19H2,2-3H3,(H,20,24). The monoisotopic (exact) mass is 358 g/mol. The van der Waals surface area contributed by atoms with Crippen molar-refractivity contribution in [2.45, 2.75) is 25.2 Å². The molecular weight excluding hydrogens is 336 g/mol. The Balaban J connectivity index is 1.90. The number of hydrogen-bond acceptors (Lipinski definition) is 5. The summed E-state index contributed by atoms with van der Waals surface area (Å²) < 4.78 is 0. The maximum atomic E-state index is 11.9. The Labute approximate surface area is 150 Å². The van der Waals surface area contributed by atoms with Crippen molar-refractivity contribution >= 4 is 39.1 Å². The van der Waals surface area contributed by atoms with Crippen LogP contribution in [-0.4, -0.2) is 41.8 Å². The Kier molecular flexibility index (Phi) is 4.51. The molecule has 1 saturated heterocycles. The summed E-state index contributed by atoms with van der Waals surface area (Å²) in [5.41, 5.74) is 7.46. The predicted octanol–water partition coefficient (Wildman–Crippen LogP) is 2.30. The van der Waals surface area contributed by atoms with Crippen LogP contribution in [-0.2, 0) is 10.2 Å². The highest BCUT2D eigenvalue weighted by Gasteiger charge is 2.34. The summed E-state index contributed by atoms with van der Waals surface area (Å²) in [6.45, 7) is 7.11. The summed E-state index contributed by atoms with van der Waals surface area (Å²) in [5.74, 6) is -0.212. The lowest BCUT2D eigenvalue weighted by atomic mass is 9.77. The van der Waals surface area contributed by atoms with Crippen LogP contribution in [0.25, 0.3) is 10.2 Å². The SMILES string of the molecule is C=CC(=O)N1CCC(C)(c2ccc3c(N)c(C(=O)NC)sc3n2)CC1. The summed E-state index contributed by atoms with van der Waals surface area (Å²) >= 11 is 1.32. The van der Waals surface area contributed by atoms with Gasteiger partial charge in [0.1, 0.15) is 9.71 Å². The molecule has 0 unspecified atom stereocenters. The number of likely N-dealkylation sites (tertiary alicyclic amines) is 1. The molecule has 0 aliphatic carbocycles. The van der Waals surface area contributed by atoms with Crippen molar-refractivity contribution < 1.29 is 9.59 Å². The second-order valence-electron chi connectivity index (χ2n) is 6.56. The molecule has 0 bridgehead atoms. The second kappa shape index (κ2) is 6.48. The molecule has 0 saturated carbocycles. The van der Waals surface area contributed by atoms with E-state index in [1.54, 1.807) is 7.05 Å². The first-order valence-corrected chi connectivity index (χ1v) is 9.04. The molecule has 6 nitrogen and oxygen atoms in total. The van der Waals surface area contributed by atoms with Gasteiger partial charge in [0.15, 0.2) is 0 Å². The van der Waals surface area contributed by atoms with Gasteiger partial charge >= 0.3 is 0 Å². The quantitative estimate of drug-likeness (QED) is 0.824. The van der Waals surface area contributed by atoms with Crippen molar-refractivity contribution in [3.8, 4) is 0 Å². The minimum absolute atomic E-state index is 0.0216. The maximum absolute atomic E-state index is 11.9. The van der Waals surface area contributed by atoms with E-state index in [4.69, 9.17) is 10.7 Å². The number of nitrogens with two attached hydrogens (primary N) is 1. The lowest BCUT2D eigenvalue weighted by Crippen LogP contribution is -2.43. The number of thiophene rings is 1. The van der Waals surface area contributed by atoms with Gasteiger partial charge in [-0.3, -0.25) is 9.59 Å². The number of fused-ring (bicyclic) bond motifs is 1. The van der Waals surface area contributed by atoms with Crippen molar-refractivity contribution in [3.63, 3.8) is 0 Å². The molecular formula is C18H22N4O2S. The molecule has 2 amide bonds. The van der Waals surface area contributed by atoms with Crippen LogP contribution < -0.4 is 11.1 Å². The number of carbonyl (C=O) groups is 2. The van der Waals surface area contributed by atoms with E-state index in [-0.39, 0.29) is 17.2 Å². The number of nitrogen functional groups attached to an aromatic ring is 1. The first kappa shape index (κ1) is 17.4. The lowest BCUT2D eigenvalue weighted by Gasteiger charge is -2.38. The largest absolute Gasteiger partial charge is 0.397 e. The fourth-order valence-corrected chi connectivity index (χ4v) is 4.26. The zero-order chi connectivity index (χ0) is 18.2. The highest BCUT2D eigenvalue weighted by molar-refractivity contribution is 7.21. The molecule has 2 aromatic rings. The number of rotatable bonds is 3. The number of nitrogens with zero attached hydrogens (tertiary/aromatic N) is 2. The first-order chi connectivity index (χ1) is 11.9. The summed E-state index contributed by atoms with van der Waals surface area (Å²) in [4.78, 5) is 31.6. The van der Waals surface area contributed by atoms with E-state index in [1.807, 2.05) is 17.0 Å². The van der Waals surface area contributed by atoms with Gasteiger partial charge < -0.3 is 16.0 Å². The van der Waals surface area contributed by atoms with E-state index in [0.29, 0.717) is 23.7 Å². The average Bonchev–Trinajstić information content (AvgIpc) is 2.97. The smallest absolute Gasteiger partial charge is 0.263 e. The third-order valence-corrected chi connectivity index (χ3v) is 6.11. The molecule has 132 valence electrons. The number of pyridine rings is 1. The van der Waals surface area contributed by atoms with Crippen molar-refractivity contribution in [2.75, 3.05) is 25.9 Å². The Morgan fingerprint density at radius 2 is 2.08 bits per heavy atom. The molecule has 0 spiro atoms. The fraction of sp³-hybridized carbons (Fsp3) is 0.389. The van der Waals surface area contributed by atoms with Gasteiger partial charge in [0, 0.05) is 36.6 Å². The normalized spacial score (nSPS) is 16.6. The van der Waals surface area contributed by atoms with Crippen molar-refractivity contribution in [2.24, 2.45) is 0 Å². The van der Waals surface area contributed by atoms with Gasteiger partial charge in [0.2, 0.25) is 5.91 Å². The molecule has 0 atom stereocenters. The number of anilines is 1. The minimum Gasteiger partial charge on any atom is -0.397 e. The zero-order valence-electron chi connectivity index (χ0n) is 14.5. The van der Waals surface area contributed by atoms with Gasteiger partial charge in [0.25, 0.3) is 5.91 Å². The van der Waals surface area contributed by atoms with E-state index in [9.17, 15) is 9.59 Å². The Morgan fingerprint density at radius 3 is 2.68 bits per heavy atom. The van der Waals surface area contributed by atoms with Crippen molar-refractivity contribution in [1.82, 2.24) is 15.2 Å². The zero-order valence-corrected chi connectivity index (χ0v) is 15.3. The van der Waals surface area contributed by atoms with Crippen LogP contribution in [0.5, 0.6) is 0 Å². The average molecular weight is 358 g/mol. The van der Waals surface area contributed by atoms with Gasteiger partial charge in [-0.25, -0.2) is 4.98 Å². The molecule has 1 fully saturated rings. The molecule has 3 N–H and O–H groups in total. The van der Waals surface area contributed by atoms with Crippen molar-refractivity contribution in [3.05, 3.63) is 35.4 Å². The fourth-order valence-electron chi connectivity index (χ4n) is 3.22. The third-order valence-electron chi connectivity index (χ3n) is 5.00. The topological polar surface area (TPSA) is 88.3 Å². The molecule has 7 heteroatoms. The minimum atomic E-state index is -0.190. The third kappa shape index (κ3) is 3.00. The lowest BCUT2D eigenvalue weighted by molar-refractivity contribution is -0.127. The molecule has 1 aliphatic heterocycles. The summed E-state index contributed by atoms with van der Waals surface area (Å²) in [6, 6.07) is 3.94. The molecule has 2 aromatic heterocycles. The molecule has 3 heterocycles. The molecule has 3 rings (SSSR count). The summed E-state index contributed by atoms with van der Waals surface area (Å²) in [7, 11) is 1.59. The van der Waals surface area contributed by atoms with Crippen LogP contribution in [0.3, 0.4) is 0 Å². The summed E-state index contributed by atoms with van der Waals surface area (Å²) in [5, 5.41) is 3.42. The Bertz CT molecular complexity index is 850. The maximum Gasteiger partial charge on any atom is 0.263 e. The Morgan fingerprint density at radius 1 is 1.40 bits per heavy atom. The Hall–Kier alpha value is -2.41. The van der Waals surface area contributed by atoms with Gasteiger partial charge in [-0.05, 0) is 31.1 Å². The van der Waals surface area contributed by atoms with Gasteiger partial charge in [-0.1, -0.05) is 13.5 Å². The number of hydrogen-bond donors (Lipinski definition) is 2. The van der Waals surface area contributed by atoms with Crippen LogP contribution in [0.1, 0.15) is 35.1 Å². The molecule has 25 heavy (non-hydrogen) atoms. The van der Waals surface area contributed by atoms with Crippen LogP contribution in [0.15, 0.2) is 24.8 Å². The highest BCUT2D eigenvalue weighted by atomic mass is 32.1. The first-order valence-electron chi connectivity index (χ1n) is 8.22. The second-order valence-corrected chi connectivity index (χ2v) is 7.56. The van der Waals surface area contributed by atoms with Crippen molar-refractivity contribution in [1.29, 1.82) is 0 Å². The van der Waals surface area contributed by atoms with E-state index in [1.165, 1.54) is 17.4 Å². The van der Waals surface area contributed by atoms with Gasteiger partial charge in [-0.15, -0.1) is 11.3 Å². The van der Waals surface area contributed by atoms with Crippen LogP contribution in [0.2, 0.25) is 0 Å². The van der Waals surface area contributed by atoms with Crippen LogP contribution in [0.4, 0.5) is 5.69 Å².